The van der Waals surface area contributed by atoms with E-state index in [1.807, 2.05) is 29.2 Å². The van der Waals surface area contributed by atoms with Crippen molar-refractivity contribution in [1.82, 2.24) is 5.32 Å². The third kappa shape index (κ3) is 5.64. The summed E-state index contributed by atoms with van der Waals surface area (Å²) in [6.07, 6.45) is 0.738. The number of esters is 1. The van der Waals surface area contributed by atoms with E-state index >= 15 is 0 Å². The van der Waals surface area contributed by atoms with E-state index in [4.69, 9.17) is 4.74 Å². The van der Waals surface area contributed by atoms with Gasteiger partial charge in [-0.3, -0.25) is 19.8 Å². The number of piperidine rings is 1. The van der Waals surface area contributed by atoms with Crippen molar-refractivity contribution in [3.05, 3.63) is 63.7 Å². The van der Waals surface area contributed by atoms with E-state index in [9.17, 15) is 29.6 Å². The minimum absolute atomic E-state index is 0. The molecule has 198 valence electrons. The van der Waals surface area contributed by atoms with Crippen LogP contribution in [0.15, 0.2) is 42.5 Å². The number of methoxy groups -OCH3 is 1. The van der Waals surface area contributed by atoms with E-state index in [1.54, 1.807) is 4.90 Å². The normalized spacial score (nSPS) is 16.1. The number of hydrogen-bond donors (Lipinski definition) is 2. The molecule has 2 N–H and O–H groups in total. The van der Waals surface area contributed by atoms with Gasteiger partial charge in [0.2, 0.25) is 0 Å². The minimum atomic E-state index is -1.29. The smallest absolute Gasteiger partial charge is 0.414 e. The summed E-state index contributed by atoms with van der Waals surface area (Å²) >= 11 is 0. The fraction of sp³-hybridized carbons (Fsp3) is 0.400. The highest BCUT2D eigenvalue weighted by atomic mass is 16.6. The molecule has 2 amide bonds. The lowest BCUT2D eigenvalue weighted by molar-refractivity contribution is -0.384. The van der Waals surface area contributed by atoms with Crippen molar-refractivity contribution in [3.63, 3.8) is 0 Å². The molecule has 2 aromatic rings. The highest BCUT2D eigenvalue weighted by Crippen LogP contribution is 2.35. The van der Waals surface area contributed by atoms with Crippen molar-refractivity contribution in [2.24, 2.45) is 0 Å². The van der Waals surface area contributed by atoms with Gasteiger partial charge in [0.1, 0.15) is 12.3 Å². The maximum Gasteiger partial charge on any atom is 0.414 e. The van der Waals surface area contributed by atoms with Gasteiger partial charge in [0, 0.05) is 36.3 Å². The number of rotatable bonds is 7. The Morgan fingerprint density at radius 2 is 1.92 bits per heavy atom. The first-order valence-corrected chi connectivity index (χ1v) is 11.4. The standard InChI is InChI=1S/C24H26N4O8.CH4/c1-35-23(31)18(13-29)25-22(30)15-6-7-20(21(12-15)28(33)34)26-10-8-17(9-11-26)27-19-5-3-2-4-16(19)14-36-24(27)32;/h2-7,12,17-18,29H,8-11,13-14H2,1H3,(H,25,30);1H4. The van der Waals surface area contributed by atoms with Crippen LogP contribution in [0.1, 0.15) is 36.2 Å². The first-order chi connectivity index (χ1) is 17.3. The van der Waals surface area contributed by atoms with Crippen LogP contribution >= 0.6 is 0 Å². The fourth-order valence-corrected chi connectivity index (χ4v) is 4.53. The molecule has 0 saturated carbocycles. The number of aliphatic hydroxyl groups is 1. The maximum atomic E-state index is 12.5. The Hall–Kier alpha value is -4.19. The predicted octanol–water partition coefficient (Wildman–Crippen LogP) is 2.62. The second-order valence-corrected chi connectivity index (χ2v) is 8.46. The lowest BCUT2D eigenvalue weighted by atomic mass is 9.99. The number of nitrogens with zero attached hydrogens (tertiary/aromatic N) is 3. The number of cyclic esters (lactones) is 1. The van der Waals surface area contributed by atoms with Crippen LogP contribution in [0.2, 0.25) is 0 Å². The summed E-state index contributed by atoms with van der Waals surface area (Å²) < 4.78 is 9.84. The van der Waals surface area contributed by atoms with Crippen LogP contribution in [-0.4, -0.2) is 66.9 Å². The van der Waals surface area contributed by atoms with Gasteiger partial charge in [0.25, 0.3) is 11.6 Å². The average Bonchev–Trinajstić information content (AvgIpc) is 2.90. The van der Waals surface area contributed by atoms with Crippen LogP contribution in [-0.2, 0) is 20.9 Å². The van der Waals surface area contributed by atoms with Gasteiger partial charge in [0.05, 0.1) is 24.3 Å². The van der Waals surface area contributed by atoms with Crippen molar-refractivity contribution in [2.45, 2.75) is 39.0 Å². The summed E-state index contributed by atoms with van der Waals surface area (Å²) in [5, 5.41) is 23.4. The zero-order chi connectivity index (χ0) is 25.8. The number of para-hydroxylation sites is 1. The van der Waals surface area contributed by atoms with Crippen LogP contribution in [0.25, 0.3) is 0 Å². The molecule has 1 saturated heterocycles. The van der Waals surface area contributed by atoms with Gasteiger partial charge in [-0.1, -0.05) is 25.6 Å². The van der Waals surface area contributed by atoms with Gasteiger partial charge in [-0.15, -0.1) is 0 Å². The van der Waals surface area contributed by atoms with Crippen LogP contribution < -0.4 is 15.1 Å². The minimum Gasteiger partial charge on any atom is -0.467 e. The summed E-state index contributed by atoms with van der Waals surface area (Å²) in [6, 6.07) is 10.2. The maximum absolute atomic E-state index is 12.5. The number of fused-ring (bicyclic) bond motifs is 1. The first kappa shape index (κ1) is 27.4. The van der Waals surface area contributed by atoms with E-state index in [0.29, 0.717) is 31.6 Å². The number of amides is 2. The molecule has 12 heteroatoms. The molecule has 4 rings (SSSR count). The number of hydrogen-bond acceptors (Lipinski definition) is 9. The van der Waals surface area contributed by atoms with Crippen molar-refractivity contribution in [3.8, 4) is 0 Å². The van der Waals surface area contributed by atoms with Crippen molar-refractivity contribution >= 4 is 35.0 Å². The van der Waals surface area contributed by atoms with Crippen LogP contribution in [0.4, 0.5) is 21.9 Å². The number of carbonyl (C=O) groups excluding carboxylic acids is 3. The van der Waals surface area contributed by atoms with Gasteiger partial charge >= 0.3 is 12.1 Å². The van der Waals surface area contributed by atoms with Crippen LogP contribution in [0, 0.1) is 10.1 Å². The summed E-state index contributed by atoms with van der Waals surface area (Å²) in [5.74, 6) is -1.59. The molecule has 0 aliphatic carbocycles. The largest absolute Gasteiger partial charge is 0.467 e. The van der Waals surface area contributed by atoms with E-state index in [0.717, 1.165) is 24.4 Å². The molecule has 0 radical (unpaired) electrons. The Balaban J connectivity index is 0.00000380. The van der Waals surface area contributed by atoms with E-state index < -0.39 is 35.5 Å². The number of aliphatic hydroxyl groups excluding tert-OH is 1. The van der Waals surface area contributed by atoms with Gasteiger partial charge < -0.3 is 24.8 Å². The molecule has 1 fully saturated rings. The van der Waals surface area contributed by atoms with Gasteiger partial charge in [-0.25, -0.2) is 9.59 Å². The molecular weight excluding hydrogens is 484 g/mol. The molecule has 2 heterocycles. The van der Waals surface area contributed by atoms with E-state index in [2.05, 4.69) is 10.1 Å². The average molecular weight is 515 g/mol. The highest BCUT2D eigenvalue weighted by Gasteiger charge is 2.35. The second-order valence-electron chi connectivity index (χ2n) is 8.46. The lowest BCUT2D eigenvalue weighted by Gasteiger charge is -2.40. The lowest BCUT2D eigenvalue weighted by Crippen LogP contribution is -2.49. The number of nitro groups is 1. The highest BCUT2D eigenvalue weighted by molar-refractivity contribution is 5.98. The molecule has 2 aromatic carbocycles. The van der Waals surface area contributed by atoms with Crippen molar-refractivity contribution < 1.29 is 33.9 Å². The number of anilines is 2. The zero-order valence-electron chi connectivity index (χ0n) is 19.6. The number of benzene rings is 2. The fourth-order valence-electron chi connectivity index (χ4n) is 4.53. The molecule has 12 nitrogen and oxygen atoms in total. The molecule has 0 spiro atoms. The topological polar surface area (TPSA) is 152 Å². The Morgan fingerprint density at radius 3 is 2.57 bits per heavy atom. The predicted molar refractivity (Wildman–Crippen MR) is 135 cm³/mol. The Morgan fingerprint density at radius 1 is 1.22 bits per heavy atom. The number of ether oxygens (including phenoxy) is 2. The summed E-state index contributed by atoms with van der Waals surface area (Å²) in [7, 11) is 1.12. The SMILES string of the molecule is C.COC(=O)C(CO)NC(=O)c1ccc(N2CCC(N3C(=O)OCc4ccccc43)CC2)c([N+](=O)[O-])c1. The molecular formula is C25H30N4O8. The van der Waals surface area contributed by atoms with Crippen LogP contribution in [0.3, 0.4) is 0 Å². The van der Waals surface area contributed by atoms with E-state index in [-0.39, 0.29) is 31.3 Å². The molecule has 2 aliphatic rings. The molecule has 2 aliphatic heterocycles. The molecule has 0 aromatic heterocycles. The van der Waals surface area contributed by atoms with Gasteiger partial charge in [0.15, 0.2) is 6.04 Å². The number of nitro benzene ring substituents is 1. The van der Waals surface area contributed by atoms with Crippen molar-refractivity contribution in [2.75, 3.05) is 36.6 Å². The Kier molecular flexibility index (Phi) is 8.66. The first-order valence-electron chi connectivity index (χ1n) is 11.4. The quantitative estimate of drug-likeness (QED) is 0.323. The zero-order valence-corrected chi connectivity index (χ0v) is 19.6. The van der Waals surface area contributed by atoms with Gasteiger partial charge in [-0.2, -0.15) is 0 Å². The second kappa shape index (κ2) is 11.7. The Labute approximate surface area is 213 Å². The molecule has 1 unspecified atom stereocenters. The summed E-state index contributed by atoms with van der Waals surface area (Å²) in [6.45, 7) is 0.466. The molecule has 0 bridgehead atoms. The third-order valence-corrected chi connectivity index (χ3v) is 6.38. The monoisotopic (exact) mass is 514 g/mol. The van der Waals surface area contributed by atoms with E-state index in [1.165, 1.54) is 12.1 Å². The van der Waals surface area contributed by atoms with Crippen LogP contribution in [0.5, 0.6) is 0 Å². The number of nitrogens with one attached hydrogen (secondary N) is 1. The van der Waals surface area contributed by atoms with Gasteiger partial charge in [-0.05, 0) is 31.0 Å². The summed E-state index contributed by atoms with van der Waals surface area (Å²) in [5.41, 5.74) is 1.81. The number of carbonyl (C=O) groups is 3. The molecule has 37 heavy (non-hydrogen) atoms. The van der Waals surface area contributed by atoms with Crippen molar-refractivity contribution in [1.29, 1.82) is 0 Å². The summed E-state index contributed by atoms with van der Waals surface area (Å²) in [4.78, 5) is 51.5. The Bertz CT molecular complexity index is 1180. The third-order valence-electron chi connectivity index (χ3n) is 6.38. The molecule has 1 atom stereocenters.